The third kappa shape index (κ3) is 5.46. The molecule has 7 heteroatoms. The maximum Gasteiger partial charge on any atom is 0.410 e. The van der Waals surface area contributed by atoms with Gasteiger partial charge in [-0.15, -0.1) is 0 Å². The lowest BCUT2D eigenvalue weighted by molar-refractivity contribution is 0.0154. The van der Waals surface area contributed by atoms with E-state index < -0.39 is 5.60 Å². The average molecular weight is 514 g/mol. The van der Waals surface area contributed by atoms with Crippen molar-refractivity contribution in [1.29, 1.82) is 0 Å². The highest BCUT2D eigenvalue weighted by molar-refractivity contribution is 9.10. The van der Waals surface area contributed by atoms with Crippen LogP contribution in [-0.4, -0.2) is 39.7 Å². The second-order valence-electron chi connectivity index (χ2n) is 9.69. The van der Waals surface area contributed by atoms with Crippen molar-refractivity contribution in [2.75, 3.05) is 13.1 Å². The first-order valence-electron chi connectivity index (χ1n) is 11.2. The van der Waals surface area contributed by atoms with Crippen LogP contribution in [0.1, 0.15) is 45.7 Å². The van der Waals surface area contributed by atoms with Gasteiger partial charge in [-0.2, -0.15) is 0 Å². The first-order chi connectivity index (χ1) is 15.6. The number of halogens is 2. The van der Waals surface area contributed by atoms with E-state index in [1.54, 1.807) is 23.2 Å². The second-order valence-corrected chi connectivity index (χ2v) is 10.5. The molecule has 1 fully saturated rings. The fourth-order valence-corrected chi connectivity index (χ4v) is 4.78. The fraction of sp³-hybridized carbons (Fsp3) is 0.385. The zero-order valence-electron chi connectivity index (χ0n) is 19.4. The van der Waals surface area contributed by atoms with E-state index in [0.29, 0.717) is 13.1 Å². The molecule has 1 amide bonds. The summed E-state index contributed by atoms with van der Waals surface area (Å²) in [4.78, 5) is 22.2. The Morgan fingerprint density at radius 3 is 2.55 bits per heavy atom. The topological polar surface area (TPSA) is 58.2 Å². The molecule has 1 saturated heterocycles. The number of aromatic amines is 1. The van der Waals surface area contributed by atoms with Gasteiger partial charge in [-0.05, 0) is 103 Å². The Bertz CT molecular complexity index is 1140. The largest absolute Gasteiger partial charge is 0.444 e. The van der Waals surface area contributed by atoms with Gasteiger partial charge in [-0.1, -0.05) is 6.92 Å². The minimum absolute atomic E-state index is 0.253. The number of H-pyrrole nitrogens is 1. The predicted octanol–water partition coefficient (Wildman–Crippen LogP) is 7.01. The Balaban J connectivity index is 1.64. The molecular formula is C26H29BrFN3O2. The van der Waals surface area contributed by atoms with Gasteiger partial charge in [0.15, 0.2) is 0 Å². The number of amides is 1. The first-order valence-corrected chi connectivity index (χ1v) is 12.0. The smallest absolute Gasteiger partial charge is 0.410 e. The Labute approximate surface area is 202 Å². The van der Waals surface area contributed by atoms with Crippen LogP contribution >= 0.6 is 15.9 Å². The molecular weight excluding hydrogens is 485 g/mol. The van der Waals surface area contributed by atoms with Crippen molar-refractivity contribution in [1.82, 2.24) is 14.9 Å². The molecule has 0 bridgehead atoms. The van der Waals surface area contributed by atoms with Gasteiger partial charge in [-0.3, -0.25) is 0 Å². The molecule has 174 valence electrons. The standard InChI is InChI=1S/C26H29BrFN3O2/c1-16-15-31(25(32)33-26(2,3)4)12-10-20(16)22-14-21(18-9-11-29-23(27)13-18)24(30-22)17-5-7-19(28)8-6-17/h5-9,11,13-14,16,20,30H,10,12,15H2,1-4H3/t16-,20-/m1/s1. The van der Waals surface area contributed by atoms with Crippen LogP contribution in [0.2, 0.25) is 0 Å². The normalized spacial score (nSPS) is 18.9. The quantitative estimate of drug-likeness (QED) is 0.383. The van der Waals surface area contributed by atoms with Crippen LogP contribution in [0, 0.1) is 11.7 Å². The Hall–Kier alpha value is -2.67. The van der Waals surface area contributed by atoms with Crippen LogP contribution in [0.15, 0.2) is 53.3 Å². The molecule has 0 unspecified atom stereocenters. The van der Waals surface area contributed by atoms with Gasteiger partial charge >= 0.3 is 6.09 Å². The summed E-state index contributed by atoms with van der Waals surface area (Å²) < 4.78 is 19.9. The molecule has 5 nitrogen and oxygen atoms in total. The number of aromatic nitrogens is 2. The molecule has 1 aliphatic rings. The molecule has 3 aromatic rings. The number of piperidine rings is 1. The van der Waals surface area contributed by atoms with Crippen molar-refractivity contribution in [3.63, 3.8) is 0 Å². The molecule has 2 aromatic heterocycles. The number of benzene rings is 1. The van der Waals surface area contributed by atoms with E-state index in [2.05, 4.69) is 38.9 Å². The summed E-state index contributed by atoms with van der Waals surface area (Å²) in [5, 5.41) is 0. The van der Waals surface area contributed by atoms with Gasteiger partial charge in [0.05, 0.1) is 5.69 Å². The van der Waals surface area contributed by atoms with Crippen LogP contribution in [0.25, 0.3) is 22.4 Å². The number of pyridine rings is 1. The maximum absolute atomic E-state index is 13.6. The Morgan fingerprint density at radius 2 is 1.91 bits per heavy atom. The Kier molecular flexibility index (Phi) is 6.61. The van der Waals surface area contributed by atoms with E-state index in [0.717, 1.165) is 39.1 Å². The van der Waals surface area contributed by atoms with Crippen molar-refractivity contribution in [2.45, 2.75) is 45.6 Å². The molecule has 1 N–H and O–H groups in total. The molecule has 0 saturated carbocycles. The molecule has 1 aliphatic heterocycles. The molecule has 33 heavy (non-hydrogen) atoms. The highest BCUT2D eigenvalue weighted by atomic mass is 79.9. The summed E-state index contributed by atoms with van der Waals surface area (Å²) in [6, 6.07) is 12.7. The molecule has 3 heterocycles. The van der Waals surface area contributed by atoms with Crippen LogP contribution in [0.3, 0.4) is 0 Å². The lowest BCUT2D eigenvalue weighted by atomic mass is 9.84. The minimum atomic E-state index is -0.506. The van der Waals surface area contributed by atoms with Gasteiger partial charge in [0.2, 0.25) is 0 Å². The van der Waals surface area contributed by atoms with Crippen LogP contribution < -0.4 is 0 Å². The minimum Gasteiger partial charge on any atom is -0.444 e. The molecule has 1 aromatic carbocycles. The highest BCUT2D eigenvalue weighted by Crippen LogP contribution is 2.39. The zero-order valence-corrected chi connectivity index (χ0v) is 20.9. The van der Waals surface area contributed by atoms with Gasteiger partial charge < -0.3 is 14.6 Å². The average Bonchev–Trinajstić information content (AvgIpc) is 3.18. The predicted molar refractivity (Wildman–Crippen MR) is 131 cm³/mol. The van der Waals surface area contributed by atoms with Gasteiger partial charge in [0.25, 0.3) is 0 Å². The van der Waals surface area contributed by atoms with Gasteiger partial charge in [0.1, 0.15) is 16.0 Å². The zero-order chi connectivity index (χ0) is 23.8. The lowest BCUT2D eigenvalue weighted by Crippen LogP contribution is -2.44. The van der Waals surface area contributed by atoms with Crippen molar-refractivity contribution in [2.24, 2.45) is 5.92 Å². The van der Waals surface area contributed by atoms with E-state index >= 15 is 0 Å². The molecule has 0 spiro atoms. The Morgan fingerprint density at radius 1 is 1.18 bits per heavy atom. The van der Waals surface area contributed by atoms with Crippen LogP contribution in [0.5, 0.6) is 0 Å². The summed E-state index contributed by atoms with van der Waals surface area (Å²) in [5.74, 6) is 0.256. The number of nitrogens with one attached hydrogen (secondary N) is 1. The summed E-state index contributed by atoms with van der Waals surface area (Å²) in [6.45, 7) is 9.11. The van der Waals surface area contributed by atoms with Crippen molar-refractivity contribution < 1.29 is 13.9 Å². The van der Waals surface area contributed by atoms with E-state index in [1.165, 1.54) is 12.1 Å². The fourth-order valence-electron chi connectivity index (χ4n) is 4.42. The summed E-state index contributed by atoms with van der Waals surface area (Å²) >= 11 is 3.46. The SMILES string of the molecule is C[C@@H]1CN(C(=O)OC(C)(C)C)CC[C@H]1c1cc(-c2ccnc(Br)c2)c(-c2ccc(F)cc2)[nH]1. The number of hydrogen-bond acceptors (Lipinski definition) is 3. The van der Waals surface area contributed by atoms with E-state index in [4.69, 9.17) is 4.74 Å². The number of likely N-dealkylation sites (tertiary alicyclic amines) is 1. The second kappa shape index (κ2) is 9.29. The number of rotatable bonds is 3. The van der Waals surface area contributed by atoms with E-state index in [-0.39, 0.29) is 23.7 Å². The van der Waals surface area contributed by atoms with Crippen molar-refractivity contribution >= 4 is 22.0 Å². The lowest BCUT2D eigenvalue weighted by Gasteiger charge is -2.37. The third-order valence-electron chi connectivity index (χ3n) is 5.97. The molecule has 0 radical (unpaired) electrons. The first kappa shape index (κ1) is 23.5. The number of hydrogen-bond donors (Lipinski definition) is 1. The molecule has 2 atom stereocenters. The number of ether oxygens (including phenoxy) is 1. The van der Waals surface area contributed by atoms with Crippen LogP contribution in [-0.2, 0) is 4.74 Å². The van der Waals surface area contributed by atoms with Crippen molar-refractivity contribution in [3.8, 4) is 22.4 Å². The number of nitrogens with zero attached hydrogens (tertiary/aromatic N) is 2. The third-order valence-corrected chi connectivity index (χ3v) is 6.40. The van der Waals surface area contributed by atoms with E-state index in [1.807, 2.05) is 32.9 Å². The monoisotopic (exact) mass is 513 g/mol. The van der Waals surface area contributed by atoms with E-state index in [9.17, 15) is 9.18 Å². The summed E-state index contributed by atoms with van der Waals surface area (Å²) in [5.41, 5.74) is 4.55. The number of carbonyl (C=O) groups excluding carboxylic acids is 1. The highest BCUT2D eigenvalue weighted by Gasteiger charge is 2.33. The molecule has 0 aliphatic carbocycles. The summed E-state index contributed by atoms with van der Waals surface area (Å²) in [7, 11) is 0. The maximum atomic E-state index is 13.6. The van der Waals surface area contributed by atoms with Crippen molar-refractivity contribution in [3.05, 3.63) is 64.8 Å². The summed E-state index contributed by atoms with van der Waals surface area (Å²) in [6.07, 6.45) is 2.35. The molecule has 4 rings (SSSR count). The van der Waals surface area contributed by atoms with Gasteiger partial charge in [0, 0.05) is 36.5 Å². The number of carbonyl (C=O) groups is 1. The van der Waals surface area contributed by atoms with Crippen LogP contribution in [0.4, 0.5) is 9.18 Å². The van der Waals surface area contributed by atoms with Gasteiger partial charge in [-0.25, -0.2) is 14.2 Å².